The Morgan fingerprint density at radius 3 is 1.14 bits per heavy atom. The molecule has 0 spiro atoms. The van der Waals surface area contributed by atoms with Gasteiger partial charge in [-0.25, -0.2) is 15.0 Å². The van der Waals surface area contributed by atoms with E-state index in [2.05, 4.69) is 15.0 Å². The minimum absolute atomic E-state index is 0. The van der Waals surface area contributed by atoms with Crippen molar-refractivity contribution in [2.75, 3.05) is 0 Å². The predicted molar refractivity (Wildman–Crippen MR) is 90.9 cm³/mol. The van der Waals surface area contributed by atoms with Crippen LogP contribution >= 0.6 is 34.0 Å². The zero-order chi connectivity index (χ0) is 14.1. The van der Waals surface area contributed by atoms with Crippen LogP contribution in [0.1, 0.15) is 1.43 Å². The van der Waals surface area contributed by atoms with Crippen molar-refractivity contribution >= 4 is 34.0 Å². The molecule has 3 nitrogen and oxygen atoms in total. The maximum atomic E-state index is 4.63. The Morgan fingerprint density at radius 1 is 0.591 bits per heavy atom. The summed E-state index contributed by atoms with van der Waals surface area (Å²) in [6.45, 7) is 0. The van der Waals surface area contributed by atoms with Crippen LogP contribution in [0.4, 0.5) is 0 Å². The number of aromatic nitrogens is 3. The third kappa shape index (κ3) is 3.22. The summed E-state index contributed by atoms with van der Waals surface area (Å²) in [6.07, 6.45) is 0. The first-order chi connectivity index (χ1) is 10.4. The summed E-state index contributed by atoms with van der Waals surface area (Å²) in [6, 6.07) is 12.2. The normalized spacial score (nSPS) is 10.4. The van der Waals surface area contributed by atoms with Gasteiger partial charge in [0.15, 0.2) is 17.5 Å². The maximum Gasteiger partial charge on any atom is 1.00 e. The fourth-order valence-corrected chi connectivity index (χ4v) is 3.90. The molecular formula is C15H10N3NaS3. The Morgan fingerprint density at radius 2 is 0.909 bits per heavy atom. The van der Waals surface area contributed by atoms with Crippen molar-refractivity contribution < 1.29 is 31.0 Å². The van der Waals surface area contributed by atoms with Gasteiger partial charge in [-0.15, -0.1) is 34.0 Å². The van der Waals surface area contributed by atoms with Gasteiger partial charge in [0.05, 0.1) is 14.6 Å². The molecule has 0 atom stereocenters. The molecule has 104 valence electrons. The van der Waals surface area contributed by atoms with Gasteiger partial charge in [-0.3, -0.25) is 0 Å². The molecule has 4 heterocycles. The van der Waals surface area contributed by atoms with Crippen molar-refractivity contribution in [1.82, 2.24) is 15.0 Å². The minimum atomic E-state index is 0. The van der Waals surface area contributed by atoms with E-state index in [4.69, 9.17) is 0 Å². The molecule has 0 aliphatic heterocycles. The van der Waals surface area contributed by atoms with Crippen molar-refractivity contribution in [2.24, 2.45) is 0 Å². The molecule has 0 N–H and O–H groups in total. The van der Waals surface area contributed by atoms with E-state index in [0.717, 1.165) is 32.1 Å². The van der Waals surface area contributed by atoms with Gasteiger partial charge in [0.1, 0.15) is 0 Å². The van der Waals surface area contributed by atoms with Crippen LogP contribution in [0.25, 0.3) is 32.1 Å². The molecule has 4 aromatic rings. The Balaban J connectivity index is 0.000000960. The Labute approximate surface area is 163 Å². The van der Waals surface area contributed by atoms with Gasteiger partial charge in [0.2, 0.25) is 0 Å². The first-order valence-electron chi connectivity index (χ1n) is 6.28. The number of hydrogen-bond acceptors (Lipinski definition) is 6. The van der Waals surface area contributed by atoms with Crippen molar-refractivity contribution in [3.05, 3.63) is 52.5 Å². The molecule has 0 aliphatic carbocycles. The van der Waals surface area contributed by atoms with Gasteiger partial charge >= 0.3 is 29.6 Å². The van der Waals surface area contributed by atoms with Crippen molar-refractivity contribution in [3.8, 4) is 32.1 Å². The SMILES string of the molecule is [H-].[Na+].c1csc(-c2nc(-c3cccs3)nc(-c3cccs3)n2)c1. The molecule has 7 heteroatoms. The summed E-state index contributed by atoms with van der Waals surface area (Å²) >= 11 is 4.93. The summed E-state index contributed by atoms with van der Waals surface area (Å²) in [5.74, 6) is 2.23. The second-order valence-electron chi connectivity index (χ2n) is 4.24. The van der Waals surface area contributed by atoms with E-state index in [9.17, 15) is 0 Å². The third-order valence-corrected chi connectivity index (χ3v) is 5.46. The van der Waals surface area contributed by atoms with Gasteiger partial charge < -0.3 is 1.43 Å². The second-order valence-corrected chi connectivity index (χ2v) is 7.08. The molecule has 0 saturated carbocycles. The van der Waals surface area contributed by atoms with Crippen LogP contribution in [0.5, 0.6) is 0 Å². The Hall–Kier alpha value is -0.890. The number of rotatable bonds is 3. The van der Waals surface area contributed by atoms with Crippen molar-refractivity contribution in [1.29, 1.82) is 0 Å². The standard InChI is InChI=1S/C15H9N3S3.Na.H/c1-4-10(19-7-1)13-16-14(11-5-2-8-20-11)18-15(17-13)12-6-3-9-21-12;;/h1-9H;;/q;+1;-1. The monoisotopic (exact) mass is 351 g/mol. The maximum absolute atomic E-state index is 4.63. The number of hydrogen-bond donors (Lipinski definition) is 0. The molecule has 0 unspecified atom stereocenters. The molecular weight excluding hydrogens is 341 g/mol. The van der Waals surface area contributed by atoms with Crippen LogP contribution in [-0.2, 0) is 0 Å². The van der Waals surface area contributed by atoms with E-state index in [0.29, 0.717) is 0 Å². The minimum Gasteiger partial charge on any atom is -1.00 e. The van der Waals surface area contributed by atoms with Crippen LogP contribution < -0.4 is 29.6 Å². The average Bonchev–Trinajstić information content (AvgIpc) is 3.29. The van der Waals surface area contributed by atoms with E-state index in [1.54, 1.807) is 34.0 Å². The van der Waals surface area contributed by atoms with Gasteiger partial charge in [-0.1, -0.05) is 18.2 Å². The van der Waals surface area contributed by atoms with Gasteiger partial charge in [0.25, 0.3) is 0 Å². The summed E-state index contributed by atoms with van der Waals surface area (Å²) in [7, 11) is 0. The smallest absolute Gasteiger partial charge is 1.00 e. The van der Waals surface area contributed by atoms with Crippen LogP contribution in [0.2, 0.25) is 0 Å². The van der Waals surface area contributed by atoms with Crippen LogP contribution in [-0.4, -0.2) is 15.0 Å². The molecule has 0 amide bonds. The topological polar surface area (TPSA) is 38.7 Å². The summed E-state index contributed by atoms with van der Waals surface area (Å²) in [5, 5.41) is 6.11. The van der Waals surface area contributed by atoms with E-state index >= 15 is 0 Å². The zero-order valence-electron chi connectivity index (χ0n) is 12.8. The van der Waals surface area contributed by atoms with E-state index in [-0.39, 0.29) is 31.0 Å². The summed E-state index contributed by atoms with van der Waals surface area (Å²) < 4.78 is 0. The van der Waals surface area contributed by atoms with Crippen LogP contribution in [0.3, 0.4) is 0 Å². The summed E-state index contributed by atoms with van der Waals surface area (Å²) in [5.41, 5.74) is 0. The summed E-state index contributed by atoms with van der Waals surface area (Å²) in [4.78, 5) is 17.1. The molecule has 0 bridgehead atoms. The van der Waals surface area contributed by atoms with Crippen LogP contribution in [0.15, 0.2) is 52.5 Å². The van der Waals surface area contributed by atoms with Crippen molar-refractivity contribution in [2.45, 2.75) is 0 Å². The average molecular weight is 351 g/mol. The van der Waals surface area contributed by atoms with E-state index in [1.807, 2.05) is 52.5 Å². The fourth-order valence-electron chi connectivity index (χ4n) is 1.92. The van der Waals surface area contributed by atoms with Gasteiger partial charge in [-0.05, 0) is 34.3 Å². The number of thiophene rings is 3. The van der Waals surface area contributed by atoms with E-state index < -0.39 is 0 Å². The van der Waals surface area contributed by atoms with Crippen LogP contribution in [0, 0.1) is 0 Å². The Kier molecular flexibility index (Phi) is 5.18. The van der Waals surface area contributed by atoms with Gasteiger partial charge in [0, 0.05) is 0 Å². The molecule has 0 aromatic carbocycles. The molecule has 0 fully saturated rings. The first-order valence-corrected chi connectivity index (χ1v) is 8.92. The molecule has 0 saturated heterocycles. The first kappa shape index (κ1) is 16.0. The van der Waals surface area contributed by atoms with E-state index in [1.165, 1.54) is 0 Å². The number of nitrogens with zero attached hydrogens (tertiary/aromatic N) is 3. The Bertz CT molecular complexity index is 719. The zero-order valence-corrected chi connectivity index (χ0v) is 16.2. The largest absolute Gasteiger partial charge is 1.00 e. The molecule has 4 rings (SSSR count). The van der Waals surface area contributed by atoms with Crippen molar-refractivity contribution in [3.63, 3.8) is 0 Å². The quantitative estimate of drug-likeness (QED) is 0.531. The fraction of sp³-hybridized carbons (Fsp3) is 0. The molecule has 22 heavy (non-hydrogen) atoms. The molecule has 0 radical (unpaired) electrons. The van der Waals surface area contributed by atoms with Gasteiger partial charge in [-0.2, -0.15) is 0 Å². The molecule has 4 aromatic heterocycles. The predicted octanol–water partition coefficient (Wildman–Crippen LogP) is 2.17. The third-order valence-electron chi connectivity index (χ3n) is 2.86. The second kappa shape index (κ2) is 7.12. The molecule has 0 aliphatic rings.